The number of nitrogens with one attached hydrogen (secondary N) is 1. The van der Waals surface area contributed by atoms with Crippen molar-refractivity contribution in [2.45, 2.75) is 6.42 Å². The second-order valence-electron chi connectivity index (χ2n) is 5.04. The minimum absolute atomic E-state index is 0.114. The SMILES string of the molecule is N#CCCN(CCN1CCOCC1)C(=O)C1CNC1. The standard InChI is InChI=1S/C13H22N4O2/c14-2-1-3-17(13(18)12-10-15-11-12)5-4-16-6-8-19-9-7-16/h12,15H,1,3-11H2. The van der Waals surface area contributed by atoms with Gasteiger partial charge in [-0.1, -0.05) is 0 Å². The van der Waals surface area contributed by atoms with E-state index >= 15 is 0 Å². The maximum Gasteiger partial charge on any atom is 0.228 e. The van der Waals surface area contributed by atoms with Crippen LogP contribution in [-0.4, -0.2) is 74.7 Å². The first-order valence-corrected chi connectivity index (χ1v) is 6.98. The Hall–Kier alpha value is -1.16. The van der Waals surface area contributed by atoms with Crippen LogP contribution in [0.4, 0.5) is 0 Å². The summed E-state index contributed by atoms with van der Waals surface area (Å²) in [5.74, 6) is 0.311. The Labute approximate surface area is 114 Å². The van der Waals surface area contributed by atoms with Crippen molar-refractivity contribution in [3.63, 3.8) is 0 Å². The lowest BCUT2D eigenvalue weighted by Gasteiger charge is -2.34. The molecule has 0 spiro atoms. The fraction of sp³-hybridized carbons (Fsp3) is 0.846. The number of amides is 1. The first-order chi connectivity index (χ1) is 9.31. The summed E-state index contributed by atoms with van der Waals surface area (Å²) in [7, 11) is 0. The van der Waals surface area contributed by atoms with Crippen LogP contribution in [0.25, 0.3) is 0 Å². The van der Waals surface area contributed by atoms with Crippen LogP contribution in [0.1, 0.15) is 6.42 Å². The maximum atomic E-state index is 12.2. The van der Waals surface area contributed by atoms with Crippen LogP contribution in [0, 0.1) is 17.2 Å². The smallest absolute Gasteiger partial charge is 0.228 e. The van der Waals surface area contributed by atoms with Gasteiger partial charge in [0.05, 0.1) is 31.6 Å². The normalized spacial score (nSPS) is 20.6. The largest absolute Gasteiger partial charge is 0.379 e. The van der Waals surface area contributed by atoms with Crippen LogP contribution in [0.2, 0.25) is 0 Å². The predicted molar refractivity (Wildman–Crippen MR) is 70.4 cm³/mol. The molecule has 19 heavy (non-hydrogen) atoms. The van der Waals surface area contributed by atoms with Gasteiger partial charge in [-0.05, 0) is 0 Å². The van der Waals surface area contributed by atoms with Gasteiger partial charge in [0, 0.05) is 45.8 Å². The highest BCUT2D eigenvalue weighted by Crippen LogP contribution is 2.09. The van der Waals surface area contributed by atoms with Gasteiger partial charge < -0.3 is 15.0 Å². The Bertz CT molecular complexity index is 332. The number of hydrogen-bond acceptors (Lipinski definition) is 5. The Morgan fingerprint density at radius 1 is 1.37 bits per heavy atom. The number of nitriles is 1. The van der Waals surface area contributed by atoms with Crippen LogP contribution in [-0.2, 0) is 9.53 Å². The second kappa shape index (κ2) is 7.43. The summed E-state index contributed by atoms with van der Waals surface area (Å²) in [6.45, 7) is 7.13. The lowest BCUT2D eigenvalue weighted by molar-refractivity contribution is -0.137. The van der Waals surface area contributed by atoms with Gasteiger partial charge in [0.15, 0.2) is 0 Å². The van der Waals surface area contributed by atoms with Gasteiger partial charge in [0.25, 0.3) is 0 Å². The molecule has 1 N–H and O–H groups in total. The lowest BCUT2D eigenvalue weighted by Crippen LogP contribution is -2.53. The van der Waals surface area contributed by atoms with Crippen molar-refractivity contribution < 1.29 is 9.53 Å². The van der Waals surface area contributed by atoms with E-state index in [-0.39, 0.29) is 11.8 Å². The van der Waals surface area contributed by atoms with Crippen molar-refractivity contribution in [3.05, 3.63) is 0 Å². The lowest BCUT2D eigenvalue weighted by atomic mass is 10.0. The molecule has 106 valence electrons. The summed E-state index contributed by atoms with van der Waals surface area (Å²) in [5.41, 5.74) is 0. The molecular formula is C13H22N4O2. The zero-order chi connectivity index (χ0) is 13.5. The van der Waals surface area contributed by atoms with Gasteiger partial charge in [-0.25, -0.2) is 0 Å². The monoisotopic (exact) mass is 266 g/mol. The number of carbonyl (C=O) groups excluding carboxylic acids is 1. The van der Waals surface area contributed by atoms with E-state index in [0.29, 0.717) is 13.0 Å². The molecule has 0 aromatic heterocycles. The molecular weight excluding hydrogens is 244 g/mol. The topological polar surface area (TPSA) is 68.6 Å². The molecule has 2 heterocycles. The van der Waals surface area contributed by atoms with Crippen molar-refractivity contribution in [3.8, 4) is 6.07 Å². The van der Waals surface area contributed by atoms with Crippen LogP contribution in [0.5, 0.6) is 0 Å². The van der Waals surface area contributed by atoms with Crippen LogP contribution < -0.4 is 5.32 Å². The highest BCUT2D eigenvalue weighted by Gasteiger charge is 2.29. The minimum Gasteiger partial charge on any atom is -0.379 e. The molecule has 0 radical (unpaired) electrons. The average molecular weight is 266 g/mol. The molecule has 2 saturated heterocycles. The summed E-state index contributed by atoms with van der Waals surface area (Å²) in [5, 5.41) is 11.8. The zero-order valence-corrected chi connectivity index (χ0v) is 11.3. The van der Waals surface area contributed by atoms with Crippen molar-refractivity contribution in [1.82, 2.24) is 15.1 Å². The van der Waals surface area contributed by atoms with Crippen molar-refractivity contribution in [2.75, 3.05) is 59.0 Å². The molecule has 2 aliphatic rings. The van der Waals surface area contributed by atoms with E-state index in [1.807, 2.05) is 4.90 Å². The van der Waals surface area contributed by atoms with Crippen molar-refractivity contribution in [2.24, 2.45) is 5.92 Å². The molecule has 0 aliphatic carbocycles. The van der Waals surface area contributed by atoms with Crippen molar-refractivity contribution >= 4 is 5.91 Å². The molecule has 6 nitrogen and oxygen atoms in total. The number of carbonyl (C=O) groups is 1. The molecule has 2 aliphatic heterocycles. The van der Waals surface area contributed by atoms with E-state index in [9.17, 15) is 4.79 Å². The summed E-state index contributed by atoms with van der Waals surface area (Å²) in [4.78, 5) is 16.4. The molecule has 0 unspecified atom stereocenters. The third-order valence-electron chi connectivity index (χ3n) is 3.73. The van der Waals surface area contributed by atoms with E-state index in [1.165, 1.54) is 0 Å². The first kappa shape index (κ1) is 14.3. The van der Waals surface area contributed by atoms with Gasteiger partial charge in [-0.15, -0.1) is 0 Å². The number of ether oxygens (including phenoxy) is 1. The van der Waals surface area contributed by atoms with Gasteiger partial charge in [-0.2, -0.15) is 5.26 Å². The van der Waals surface area contributed by atoms with Gasteiger partial charge in [-0.3, -0.25) is 9.69 Å². The molecule has 2 rings (SSSR count). The Morgan fingerprint density at radius 3 is 2.68 bits per heavy atom. The molecule has 6 heteroatoms. The van der Waals surface area contributed by atoms with E-state index in [0.717, 1.165) is 52.5 Å². The van der Waals surface area contributed by atoms with Crippen LogP contribution >= 0.6 is 0 Å². The summed E-state index contributed by atoms with van der Waals surface area (Å²) < 4.78 is 5.31. The Morgan fingerprint density at radius 2 is 2.11 bits per heavy atom. The fourth-order valence-electron chi connectivity index (χ4n) is 2.33. The molecule has 0 aromatic carbocycles. The zero-order valence-electron chi connectivity index (χ0n) is 11.3. The van der Waals surface area contributed by atoms with Crippen LogP contribution in [0.3, 0.4) is 0 Å². The Kier molecular flexibility index (Phi) is 5.58. The Balaban J connectivity index is 1.78. The molecule has 0 atom stereocenters. The molecule has 1 amide bonds. The van der Waals surface area contributed by atoms with E-state index < -0.39 is 0 Å². The van der Waals surface area contributed by atoms with E-state index in [4.69, 9.17) is 10.00 Å². The predicted octanol–water partition coefficient (Wildman–Crippen LogP) is -0.720. The third kappa shape index (κ3) is 4.16. The second-order valence-corrected chi connectivity index (χ2v) is 5.04. The number of morpholine rings is 1. The van der Waals surface area contributed by atoms with Gasteiger partial charge >= 0.3 is 0 Å². The fourth-order valence-corrected chi connectivity index (χ4v) is 2.33. The maximum absolute atomic E-state index is 12.2. The summed E-state index contributed by atoms with van der Waals surface area (Å²) >= 11 is 0. The highest BCUT2D eigenvalue weighted by atomic mass is 16.5. The quantitative estimate of drug-likeness (QED) is 0.687. The van der Waals surface area contributed by atoms with E-state index in [1.54, 1.807) is 0 Å². The van der Waals surface area contributed by atoms with Gasteiger partial charge in [0.1, 0.15) is 0 Å². The number of hydrogen-bond donors (Lipinski definition) is 1. The summed E-state index contributed by atoms with van der Waals surface area (Å²) in [6, 6.07) is 2.12. The highest BCUT2D eigenvalue weighted by molar-refractivity contribution is 5.80. The number of rotatable bonds is 6. The average Bonchev–Trinajstić information content (AvgIpc) is 2.38. The van der Waals surface area contributed by atoms with E-state index in [2.05, 4.69) is 16.3 Å². The third-order valence-corrected chi connectivity index (χ3v) is 3.73. The molecule has 0 bridgehead atoms. The van der Waals surface area contributed by atoms with Crippen molar-refractivity contribution in [1.29, 1.82) is 5.26 Å². The number of nitrogens with zero attached hydrogens (tertiary/aromatic N) is 3. The van der Waals surface area contributed by atoms with Crippen LogP contribution in [0.15, 0.2) is 0 Å². The van der Waals surface area contributed by atoms with Gasteiger partial charge in [0.2, 0.25) is 5.91 Å². The molecule has 0 aromatic rings. The molecule has 0 saturated carbocycles. The first-order valence-electron chi connectivity index (χ1n) is 6.98. The minimum atomic E-state index is 0.114. The molecule has 2 fully saturated rings. The summed E-state index contributed by atoms with van der Waals surface area (Å²) in [6.07, 6.45) is 0.412.